The molecule has 3 aromatic carbocycles. The summed E-state index contributed by atoms with van der Waals surface area (Å²) in [7, 11) is 0. The summed E-state index contributed by atoms with van der Waals surface area (Å²) in [6.07, 6.45) is -0.536. The van der Waals surface area contributed by atoms with Gasteiger partial charge in [-0.15, -0.1) is 0 Å². The lowest BCUT2D eigenvalue weighted by Gasteiger charge is -2.40. The fraction of sp³-hybridized carbons (Fsp3) is 0.0909. The number of ether oxygens (including phenoxy) is 2. The van der Waals surface area contributed by atoms with Crippen molar-refractivity contribution < 1.29 is 19.1 Å². The van der Waals surface area contributed by atoms with Crippen LogP contribution >= 0.6 is 0 Å². The van der Waals surface area contributed by atoms with E-state index in [2.05, 4.69) is 0 Å². The van der Waals surface area contributed by atoms with Gasteiger partial charge < -0.3 is 9.47 Å². The third-order valence-electron chi connectivity index (χ3n) is 5.42. The van der Waals surface area contributed by atoms with Gasteiger partial charge in [-0.05, 0) is 30.3 Å². The molecule has 0 radical (unpaired) electrons. The summed E-state index contributed by atoms with van der Waals surface area (Å²) in [6.45, 7) is 0.159. The molecule has 136 valence electrons. The van der Waals surface area contributed by atoms with Crippen molar-refractivity contribution in [2.75, 3.05) is 16.6 Å². The standard InChI is InChI=1S/C22H14N2O4/c25-21-15-6-2-1-5-14(15)20-23(13-9-10-18-19(11-13)28-12-27-18)22(26)16-7-3-4-8-17(16)24(20)21/h1-11,20H,12H2. The number of nitrogens with zero attached hydrogens (tertiary/aromatic N) is 2. The fourth-order valence-corrected chi connectivity index (χ4v) is 4.19. The van der Waals surface area contributed by atoms with E-state index in [-0.39, 0.29) is 18.6 Å². The molecule has 6 heteroatoms. The van der Waals surface area contributed by atoms with Gasteiger partial charge in [0.1, 0.15) is 6.17 Å². The predicted octanol–water partition coefficient (Wildman–Crippen LogP) is 3.73. The number of anilines is 2. The zero-order valence-corrected chi connectivity index (χ0v) is 14.7. The SMILES string of the molecule is O=C1c2ccccc2N2C(=O)c3ccccc3C2N1c1ccc2c(c1)OCO2. The minimum Gasteiger partial charge on any atom is -0.454 e. The van der Waals surface area contributed by atoms with Crippen molar-refractivity contribution in [3.05, 3.63) is 83.4 Å². The van der Waals surface area contributed by atoms with E-state index in [1.165, 1.54) is 0 Å². The van der Waals surface area contributed by atoms with Crippen molar-refractivity contribution in [3.8, 4) is 11.5 Å². The molecule has 0 bridgehead atoms. The Morgan fingerprint density at radius 2 is 1.46 bits per heavy atom. The van der Waals surface area contributed by atoms with Crippen LogP contribution in [0.25, 0.3) is 0 Å². The van der Waals surface area contributed by atoms with Crippen LogP contribution in [-0.2, 0) is 0 Å². The number of hydrogen-bond donors (Lipinski definition) is 0. The number of rotatable bonds is 1. The first-order valence-corrected chi connectivity index (χ1v) is 8.99. The number of hydrogen-bond acceptors (Lipinski definition) is 4. The summed E-state index contributed by atoms with van der Waals surface area (Å²) in [4.78, 5) is 30.1. The van der Waals surface area contributed by atoms with Gasteiger partial charge in [-0.25, -0.2) is 0 Å². The zero-order chi connectivity index (χ0) is 18.8. The molecule has 1 atom stereocenters. The molecule has 1 unspecified atom stereocenters. The average molecular weight is 370 g/mol. The minimum atomic E-state index is -0.536. The molecule has 3 aliphatic rings. The van der Waals surface area contributed by atoms with Gasteiger partial charge in [0.2, 0.25) is 6.79 Å². The molecule has 2 amide bonds. The molecule has 6 nitrogen and oxygen atoms in total. The molecule has 0 fully saturated rings. The van der Waals surface area contributed by atoms with Crippen molar-refractivity contribution in [1.29, 1.82) is 0 Å². The van der Waals surface area contributed by atoms with E-state index in [1.54, 1.807) is 34.1 Å². The number of carbonyl (C=O) groups is 2. The largest absolute Gasteiger partial charge is 0.454 e. The monoisotopic (exact) mass is 370 g/mol. The highest BCUT2D eigenvalue weighted by atomic mass is 16.7. The summed E-state index contributed by atoms with van der Waals surface area (Å²) in [5.41, 5.74) is 3.22. The predicted molar refractivity (Wildman–Crippen MR) is 102 cm³/mol. The molecule has 3 heterocycles. The average Bonchev–Trinajstić information content (AvgIpc) is 3.31. The minimum absolute atomic E-state index is 0.105. The molecule has 0 saturated carbocycles. The van der Waals surface area contributed by atoms with E-state index < -0.39 is 6.17 Å². The van der Waals surface area contributed by atoms with Gasteiger partial charge in [0, 0.05) is 17.2 Å². The number of fused-ring (bicyclic) bond motifs is 6. The zero-order valence-electron chi connectivity index (χ0n) is 14.7. The van der Waals surface area contributed by atoms with E-state index in [9.17, 15) is 9.59 Å². The van der Waals surface area contributed by atoms with Crippen molar-refractivity contribution in [2.24, 2.45) is 0 Å². The highest BCUT2D eigenvalue weighted by Crippen LogP contribution is 2.48. The molecule has 0 aliphatic carbocycles. The van der Waals surface area contributed by atoms with Crippen LogP contribution in [0.4, 0.5) is 11.4 Å². The molecular formula is C22H14N2O4. The van der Waals surface area contributed by atoms with Gasteiger partial charge in [-0.3, -0.25) is 19.4 Å². The molecule has 0 saturated heterocycles. The highest BCUT2D eigenvalue weighted by Gasteiger charge is 2.48. The normalized spacial score (nSPS) is 18.8. The smallest absolute Gasteiger partial charge is 0.262 e. The Morgan fingerprint density at radius 3 is 2.36 bits per heavy atom. The number of carbonyl (C=O) groups excluding carboxylic acids is 2. The van der Waals surface area contributed by atoms with E-state index in [4.69, 9.17) is 9.47 Å². The summed E-state index contributed by atoms with van der Waals surface area (Å²) < 4.78 is 10.9. The van der Waals surface area contributed by atoms with Gasteiger partial charge in [0.15, 0.2) is 11.5 Å². The van der Waals surface area contributed by atoms with Crippen LogP contribution in [-0.4, -0.2) is 18.6 Å². The van der Waals surface area contributed by atoms with Crippen LogP contribution in [0, 0.1) is 0 Å². The lowest BCUT2D eigenvalue weighted by molar-refractivity contribution is 0.0949. The van der Waals surface area contributed by atoms with Crippen LogP contribution in [0.3, 0.4) is 0 Å². The summed E-state index contributed by atoms with van der Waals surface area (Å²) >= 11 is 0. The first-order valence-electron chi connectivity index (χ1n) is 8.99. The number of amides is 2. The van der Waals surface area contributed by atoms with Crippen LogP contribution < -0.4 is 19.3 Å². The molecule has 0 spiro atoms. The second-order valence-electron chi connectivity index (χ2n) is 6.87. The highest BCUT2D eigenvalue weighted by molar-refractivity contribution is 6.21. The molecule has 28 heavy (non-hydrogen) atoms. The maximum atomic E-state index is 13.5. The lowest BCUT2D eigenvalue weighted by Crippen LogP contribution is -2.48. The molecule has 3 aromatic rings. The van der Waals surface area contributed by atoms with Crippen molar-refractivity contribution >= 4 is 23.2 Å². The molecule has 3 aliphatic heterocycles. The van der Waals surface area contributed by atoms with E-state index in [0.717, 1.165) is 5.56 Å². The maximum Gasteiger partial charge on any atom is 0.262 e. The Morgan fingerprint density at radius 1 is 0.750 bits per heavy atom. The third-order valence-corrected chi connectivity index (χ3v) is 5.42. The first-order chi connectivity index (χ1) is 13.7. The Hall–Kier alpha value is -3.80. The van der Waals surface area contributed by atoms with Crippen LogP contribution in [0.2, 0.25) is 0 Å². The summed E-state index contributed by atoms with van der Waals surface area (Å²) in [6, 6.07) is 20.1. The second kappa shape index (κ2) is 5.36. The molecule has 0 aromatic heterocycles. The van der Waals surface area contributed by atoms with Crippen LogP contribution in [0.15, 0.2) is 66.7 Å². The Labute approximate surface area is 160 Å². The Bertz CT molecular complexity index is 1170. The molecule has 0 N–H and O–H groups in total. The lowest BCUT2D eigenvalue weighted by atomic mass is 10.0. The third kappa shape index (κ3) is 1.86. The number of para-hydroxylation sites is 1. The van der Waals surface area contributed by atoms with E-state index in [1.807, 2.05) is 42.5 Å². The van der Waals surface area contributed by atoms with E-state index in [0.29, 0.717) is 34.0 Å². The molecular weight excluding hydrogens is 356 g/mol. The van der Waals surface area contributed by atoms with E-state index >= 15 is 0 Å². The Balaban J connectivity index is 1.60. The molecule has 6 rings (SSSR count). The number of benzene rings is 3. The topological polar surface area (TPSA) is 59.1 Å². The van der Waals surface area contributed by atoms with Gasteiger partial charge in [-0.1, -0.05) is 30.3 Å². The van der Waals surface area contributed by atoms with Crippen molar-refractivity contribution in [3.63, 3.8) is 0 Å². The summed E-state index contributed by atoms with van der Waals surface area (Å²) in [5, 5.41) is 0. The summed E-state index contributed by atoms with van der Waals surface area (Å²) in [5.74, 6) is 0.980. The Kier molecular flexibility index (Phi) is 2.92. The second-order valence-corrected chi connectivity index (χ2v) is 6.87. The van der Waals surface area contributed by atoms with Gasteiger partial charge in [0.05, 0.1) is 16.9 Å². The van der Waals surface area contributed by atoms with Gasteiger partial charge >= 0.3 is 0 Å². The van der Waals surface area contributed by atoms with Crippen LogP contribution in [0.1, 0.15) is 32.4 Å². The van der Waals surface area contributed by atoms with Crippen LogP contribution in [0.5, 0.6) is 11.5 Å². The van der Waals surface area contributed by atoms with Crippen molar-refractivity contribution in [2.45, 2.75) is 6.17 Å². The fourth-order valence-electron chi connectivity index (χ4n) is 4.19. The van der Waals surface area contributed by atoms with Gasteiger partial charge in [0.25, 0.3) is 11.8 Å². The van der Waals surface area contributed by atoms with Crippen molar-refractivity contribution in [1.82, 2.24) is 0 Å². The first kappa shape index (κ1) is 15.3. The quantitative estimate of drug-likeness (QED) is 0.655. The maximum absolute atomic E-state index is 13.5. The van der Waals surface area contributed by atoms with Gasteiger partial charge in [-0.2, -0.15) is 0 Å².